The van der Waals surface area contributed by atoms with Crippen LogP contribution in [0.4, 0.5) is 0 Å². The Balaban J connectivity index is 1.70. The van der Waals surface area contributed by atoms with Gasteiger partial charge in [-0.05, 0) is 23.6 Å². The molecule has 2 aromatic heterocycles. The molecule has 0 saturated carbocycles. The van der Waals surface area contributed by atoms with Crippen LogP contribution in [0, 0.1) is 0 Å². The van der Waals surface area contributed by atoms with Gasteiger partial charge in [-0.25, -0.2) is 9.48 Å². The molecule has 0 aromatic carbocycles. The number of aliphatic carboxylic acids is 1. The molecule has 0 aliphatic carbocycles. The van der Waals surface area contributed by atoms with Crippen LogP contribution in [0.25, 0.3) is 0 Å². The van der Waals surface area contributed by atoms with E-state index in [-0.39, 0.29) is 5.69 Å². The molecule has 9 heteroatoms. The van der Waals surface area contributed by atoms with Crippen molar-refractivity contribution in [3.63, 3.8) is 0 Å². The number of thiophene rings is 1. The first-order valence-corrected chi connectivity index (χ1v) is 8.69. The lowest BCUT2D eigenvalue weighted by molar-refractivity contribution is -0.143. The van der Waals surface area contributed by atoms with Gasteiger partial charge in [-0.2, -0.15) is 11.8 Å². The van der Waals surface area contributed by atoms with Gasteiger partial charge in [0.15, 0.2) is 5.69 Å². The van der Waals surface area contributed by atoms with E-state index >= 15 is 0 Å². The number of carbonyl (C=O) groups is 2. The number of thioether (sulfide) groups is 1. The number of aromatic nitrogens is 3. The van der Waals surface area contributed by atoms with E-state index in [1.54, 1.807) is 16.0 Å². The number of nitrogens with one attached hydrogen (secondary N) is 1. The third-order valence-electron chi connectivity index (χ3n) is 3.45. The van der Waals surface area contributed by atoms with Crippen LogP contribution in [0.3, 0.4) is 0 Å². The number of amides is 1. The lowest BCUT2D eigenvalue weighted by Crippen LogP contribution is -2.54. The molecule has 1 unspecified atom stereocenters. The third-order valence-corrected chi connectivity index (χ3v) is 5.50. The Labute approximate surface area is 134 Å². The van der Waals surface area contributed by atoms with Crippen LogP contribution in [0.2, 0.25) is 0 Å². The molecule has 0 bridgehead atoms. The van der Waals surface area contributed by atoms with Crippen molar-refractivity contribution < 1.29 is 14.7 Å². The maximum absolute atomic E-state index is 12.2. The molecule has 0 spiro atoms. The largest absolute Gasteiger partial charge is 0.479 e. The van der Waals surface area contributed by atoms with Gasteiger partial charge in [-0.3, -0.25) is 4.79 Å². The van der Waals surface area contributed by atoms with Crippen LogP contribution in [0.15, 0.2) is 23.7 Å². The van der Waals surface area contributed by atoms with Crippen LogP contribution in [-0.2, 0) is 11.3 Å². The third kappa shape index (κ3) is 3.00. The van der Waals surface area contributed by atoms with E-state index in [2.05, 4.69) is 15.6 Å². The van der Waals surface area contributed by atoms with E-state index in [4.69, 9.17) is 0 Å². The summed E-state index contributed by atoms with van der Waals surface area (Å²) in [6.45, 7) is 0.540. The second kappa shape index (κ2) is 6.09. The van der Waals surface area contributed by atoms with Gasteiger partial charge >= 0.3 is 5.97 Å². The predicted molar refractivity (Wildman–Crippen MR) is 83.2 cm³/mol. The van der Waals surface area contributed by atoms with E-state index in [1.807, 2.05) is 17.5 Å². The molecular formula is C13H14N4O3S2. The molecule has 3 rings (SSSR count). The molecule has 1 amide bonds. The molecule has 1 aliphatic rings. The highest BCUT2D eigenvalue weighted by atomic mass is 32.2. The zero-order valence-electron chi connectivity index (χ0n) is 11.6. The average molecular weight is 338 g/mol. The van der Waals surface area contributed by atoms with Crippen molar-refractivity contribution in [1.29, 1.82) is 0 Å². The maximum atomic E-state index is 12.2. The number of hydrogen-bond donors (Lipinski definition) is 2. The van der Waals surface area contributed by atoms with Crippen molar-refractivity contribution in [2.45, 2.75) is 18.5 Å². The Morgan fingerprint density at radius 3 is 3.00 bits per heavy atom. The van der Waals surface area contributed by atoms with Gasteiger partial charge in [0.1, 0.15) is 5.54 Å². The fourth-order valence-electron chi connectivity index (χ4n) is 2.21. The van der Waals surface area contributed by atoms with E-state index in [0.717, 1.165) is 10.6 Å². The summed E-state index contributed by atoms with van der Waals surface area (Å²) in [5.74, 6) is -0.408. The SMILES string of the molecule is O=C(NC1(C(=O)O)CCSC1)c1cn(Cc2cccs2)nn1. The first-order valence-electron chi connectivity index (χ1n) is 6.65. The van der Waals surface area contributed by atoms with Gasteiger partial charge in [-0.1, -0.05) is 11.3 Å². The molecule has 1 atom stereocenters. The van der Waals surface area contributed by atoms with Crippen LogP contribution < -0.4 is 5.32 Å². The molecular weight excluding hydrogens is 324 g/mol. The Morgan fingerprint density at radius 2 is 2.36 bits per heavy atom. The number of nitrogens with zero attached hydrogens (tertiary/aromatic N) is 3. The van der Waals surface area contributed by atoms with Crippen molar-refractivity contribution in [3.05, 3.63) is 34.3 Å². The topological polar surface area (TPSA) is 97.1 Å². The molecule has 1 saturated heterocycles. The molecule has 3 heterocycles. The van der Waals surface area contributed by atoms with Crippen molar-refractivity contribution >= 4 is 35.0 Å². The standard InChI is InChI=1S/C13H14N4O3S2/c18-11(14-13(12(19)20)3-5-21-8-13)10-7-17(16-15-10)6-9-2-1-4-22-9/h1-2,4,7H,3,5-6,8H2,(H,14,18)(H,19,20). The van der Waals surface area contributed by atoms with Crippen LogP contribution in [-0.4, -0.2) is 49.0 Å². The highest BCUT2D eigenvalue weighted by Gasteiger charge is 2.43. The van der Waals surface area contributed by atoms with Crippen molar-refractivity contribution in [3.8, 4) is 0 Å². The molecule has 22 heavy (non-hydrogen) atoms. The quantitative estimate of drug-likeness (QED) is 0.847. The van der Waals surface area contributed by atoms with Gasteiger partial charge in [-0.15, -0.1) is 16.4 Å². The van der Waals surface area contributed by atoms with Crippen molar-refractivity contribution in [2.75, 3.05) is 11.5 Å². The van der Waals surface area contributed by atoms with Crippen molar-refractivity contribution in [1.82, 2.24) is 20.3 Å². The number of carboxylic acids is 1. The monoisotopic (exact) mass is 338 g/mol. The fraction of sp³-hybridized carbons (Fsp3) is 0.385. The Morgan fingerprint density at radius 1 is 1.50 bits per heavy atom. The summed E-state index contributed by atoms with van der Waals surface area (Å²) >= 11 is 3.11. The van der Waals surface area contributed by atoms with E-state index < -0.39 is 17.4 Å². The van der Waals surface area contributed by atoms with Gasteiger partial charge < -0.3 is 10.4 Å². The smallest absolute Gasteiger partial charge is 0.330 e. The van der Waals surface area contributed by atoms with Crippen LogP contribution >= 0.6 is 23.1 Å². The summed E-state index contributed by atoms with van der Waals surface area (Å²) < 4.78 is 1.57. The molecule has 2 aromatic rings. The molecule has 7 nitrogen and oxygen atoms in total. The Kier molecular flexibility index (Phi) is 4.16. The van der Waals surface area contributed by atoms with Crippen molar-refractivity contribution in [2.24, 2.45) is 0 Å². The minimum absolute atomic E-state index is 0.133. The van der Waals surface area contributed by atoms with E-state index in [1.165, 1.54) is 18.0 Å². The maximum Gasteiger partial charge on any atom is 0.330 e. The number of hydrogen-bond acceptors (Lipinski definition) is 6. The zero-order valence-corrected chi connectivity index (χ0v) is 13.2. The highest BCUT2D eigenvalue weighted by Crippen LogP contribution is 2.28. The minimum Gasteiger partial charge on any atom is -0.479 e. The lowest BCUT2D eigenvalue weighted by atomic mass is 9.99. The number of rotatable bonds is 5. The Bertz CT molecular complexity index is 677. The molecule has 1 fully saturated rings. The lowest BCUT2D eigenvalue weighted by Gasteiger charge is -2.23. The molecule has 0 radical (unpaired) electrons. The summed E-state index contributed by atoms with van der Waals surface area (Å²) in [6.07, 6.45) is 1.95. The van der Waals surface area contributed by atoms with Crippen LogP contribution in [0.5, 0.6) is 0 Å². The van der Waals surface area contributed by atoms with E-state index in [9.17, 15) is 14.7 Å². The van der Waals surface area contributed by atoms with Gasteiger partial charge in [0.2, 0.25) is 0 Å². The fourth-order valence-corrected chi connectivity index (χ4v) is 4.23. The highest BCUT2D eigenvalue weighted by molar-refractivity contribution is 7.99. The normalized spacial score (nSPS) is 20.9. The van der Waals surface area contributed by atoms with Gasteiger partial charge in [0.05, 0.1) is 12.7 Å². The number of carboxylic acid groups (broad SMARTS) is 1. The summed E-state index contributed by atoms with van der Waals surface area (Å²) in [6, 6.07) is 3.92. The predicted octanol–water partition coefficient (Wildman–Crippen LogP) is 1.08. The summed E-state index contributed by atoms with van der Waals surface area (Å²) in [5.41, 5.74) is -1.06. The first-order chi connectivity index (χ1) is 10.6. The summed E-state index contributed by atoms with van der Waals surface area (Å²) in [7, 11) is 0. The molecule has 1 aliphatic heterocycles. The van der Waals surface area contributed by atoms with Crippen LogP contribution in [0.1, 0.15) is 21.8 Å². The summed E-state index contributed by atoms with van der Waals surface area (Å²) in [5, 5.41) is 21.7. The van der Waals surface area contributed by atoms with E-state index in [0.29, 0.717) is 18.7 Å². The second-order valence-electron chi connectivity index (χ2n) is 5.02. The summed E-state index contributed by atoms with van der Waals surface area (Å²) in [4.78, 5) is 24.8. The number of carbonyl (C=O) groups excluding carboxylic acids is 1. The molecule has 2 N–H and O–H groups in total. The zero-order chi connectivity index (χ0) is 15.6. The van der Waals surface area contributed by atoms with Gasteiger partial charge in [0.25, 0.3) is 5.91 Å². The Hall–Kier alpha value is -1.87. The second-order valence-corrected chi connectivity index (χ2v) is 7.16. The minimum atomic E-state index is -1.20. The first kappa shape index (κ1) is 15.0. The molecule has 116 valence electrons. The van der Waals surface area contributed by atoms with Gasteiger partial charge in [0, 0.05) is 10.6 Å². The average Bonchev–Trinajstić information content (AvgIpc) is 3.20.